The van der Waals surface area contributed by atoms with Gasteiger partial charge in [0.25, 0.3) is 5.56 Å². The third kappa shape index (κ3) is 5.59. The van der Waals surface area contributed by atoms with Crippen molar-refractivity contribution in [3.63, 3.8) is 0 Å². The highest BCUT2D eigenvalue weighted by molar-refractivity contribution is 6.31. The zero-order valence-corrected chi connectivity index (χ0v) is 20.8. The van der Waals surface area contributed by atoms with Crippen LogP contribution in [0.15, 0.2) is 53.3 Å². The van der Waals surface area contributed by atoms with E-state index in [4.69, 9.17) is 21.1 Å². The summed E-state index contributed by atoms with van der Waals surface area (Å²) in [6.45, 7) is 3.52. The van der Waals surface area contributed by atoms with Gasteiger partial charge in [0.05, 0.1) is 25.8 Å². The largest absolute Gasteiger partial charge is 0.497 e. The SMILES string of the molecule is COc1ccc(OC)c(CNC(=O)C2CCCN(c3ccc(=O)n(-c4ccc(C)c(Cl)c4)n3)C2)c1. The van der Waals surface area contributed by atoms with Crippen molar-refractivity contribution >= 4 is 23.3 Å². The van der Waals surface area contributed by atoms with E-state index in [-0.39, 0.29) is 17.4 Å². The van der Waals surface area contributed by atoms with Gasteiger partial charge >= 0.3 is 0 Å². The van der Waals surface area contributed by atoms with Crippen molar-refractivity contribution in [3.05, 3.63) is 75.0 Å². The second kappa shape index (κ2) is 10.8. The fourth-order valence-corrected chi connectivity index (χ4v) is 4.39. The Balaban J connectivity index is 1.47. The number of rotatable bonds is 7. The van der Waals surface area contributed by atoms with Crippen LogP contribution in [0.25, 0.3) is 5.69 Å². The summed E-state index contributed by atoms with van der Waals surface area (Å²) in [6, 6.07) is 14.1. The fourth-order valence-electron chi connectivity index (χ4n) is 4.21. The van der Waals surface area contributed by atoms with Crippen molar-refractivity contribution in [2.45, 2.75) is 26.3 Å². The Kier molecular flexibility index (Phi) is 7.60. The number of nitrogens with one attached hydrogen (secondary N) is 1. The Morgan fingerprint density at radius 2 is 1.97 bits per heavy atom. The van der Waals surface area contributed by atoms with Crippen LogP contribution in [0.4, 0.5) is 5.82 Å². The van der Waals surface area contributed by atoms with E-state index in [1.165, 1.54) is 10.7 Å². The molecule has 35 heavy (non-hydrogen) atoms. The number of halogens is 1. The number of amides is 1. The van der Waals surface area contributed by atoms with Crippen molar-refractivity contribution in [2.75, 3.05) is 32.2 Å². The molecule has 4 rings (SSSR count). The number of anilines is 1. The van der Waals surface area contributed by atoms with Gasteiger partial charge in [0.15, 0.2) is 0 Å². The molecular formula is C26H29ClN4O4. The molecule has 1 unspecified atom stereocenters. The van der Waals surface area contributed by atoms with Crippen LogP contribution in [-0.2, 0) is 11.3 Å². The van der Waals surface area contributed by atoms with E-state index in [1.807, 2.05) is 42.2 Å². The molecule has 2 heterocycles. The minimum Gasteiger partial charge on any atom is -0.497 e. The van der Waals surface area contributed by atoms with E-state index in [1.54, 1.807) is 26.4 Å². The molecule has 1 aliphatic heterocycles. The molecule has 2 aromatic carbocycles. The molecule has 1 fully saturated rings. The first-order chi connectivity index (χ1) is 16.9. The van der Waals surface area contributed by atoms with E-state index in [9.17, 15) is 9.59 Å². The van der Waals surface area contributed by atoms with Crippen molar-refractivity contribution in [1.82, 2.24) is 15.1 Å². The standard InChI is InChI=1S/C26H29ClN4O4/c1-17-6-7-20(14-22(17)27)31-25(32)11-10-24(29-31)30-12-4-5-18(16-30)26(33)28-15-19-13-21(34-2)8-9-23(19)35-3/h6-11,13-14,18H,4-5,12,15-16H2,1-3H3,(H,28,33). The van der Waals surface area contributed by atoms with E-state index in [2.05, 4.69) is 10.4 Å². The lowest BCUT2D eigenvalue weighted by Gasteiger charge is -2.33. The summed E-state index contributed by atoms with van der Waals surface area (Å²) in [5.74, 6) is 1.82. The number of methoxy groups -OCH3 is 2. The second-order valence-corrected chi connectivity index (χ2v) is 8.96. The lowest BCUT2D eigenvalue weighted by molar-refractivity contribution is -0.125. The maximum absolute atomic E-state index is 13.0. The first-order valence-electron chi connectivity index (χ1n) is 11.5. The van der Waals surface area contributed by atoms with Gasteiger partial charge in [-0.1, -0.05) is 17.7 Å². The van der Waals surface area contributed by atoms with Gasteiger partial charge in [-0.2, -0.15) is 4.68 Å². The summed E-state index contributed by atoms with van der Waals surface area (Å²) in [5.41, 5.74) is 2.13. The number of nitrogens with zero attached hydrogens (tertiary/aromatic N) is 3. The number of carbonyl (C=O) groups excluding carboxylic acids is 1. The van der Waals surface area contributed by atoms with Crippen LogP contribution in [0.5, 0.6) is 11.5 Å². The van der Waals surface area contributed by atoms with Crippen LogP contribution in [0.1, 0.15) is 24.0 Å². The number of piperidine rings is 1. The molecule has 1 atom stereocenters. The number of aryl methyl sites for hydroxylation is 1. The van der Waals surface area contributed by atoms with Crippen molar-refractivity contribution in [2.24, 2.45) is 5.92 Å². The number of carbonyl (C=O) groups is 1. The fraction of sp³-hybridized carbons (Fsp3) is 0.346. The van der Waals surface area contributed by atoms with E-state index < -0.39 is 0 Å². The lowest BCUT2D eigenvalue weighted by Crippen LogP contribution is -2.43. The van der Waals surface area contributed by atoms with Crippen LogP contribution in [0, 0.1) is 12.8 Å². The molecule has 184 valence electrons. The molecule has 0 radical (unpaired) electrons. The number of hydrogen-bond acceptors (Lipinski definition) is 6. The highest BCUT2D eigenvalue weighted by Gasteiger charge is 2.27. The lowest BCUT2D eigenvalue weighted by atomic mass is 9.97. The predicted octanol–water partition coefficient (Wildman–Crippen LogP) is 3.74. The molecule has 8 nitrogen and oxygen atoms in total. The van der Waals surface area contributed by atoms with Crippen LogP contribution in [0.2, 0.25) is 5.02 Å². The molecule has 0 bridgehead atoms. The van der Waals surface area contributed by atoms with Crippen molar-refractivity contribution in [1.29, 1.82) is 0 Å². The van der Waals surface area contributed by atoms with Crippen molar-refractivity contribution < 1.29 is 14.3 Å². The number of benzene rings is 2. The van der Waals surface area contributed by atoms with Gasteiger partial charge < -0.3 is 19.7 Å². The van der Waals surface area contributed by atoms with Crippen LogP contribution < -0.4 is 25.2 Å². The maximum Gasteiger partial charge on any atom is 0.271 e. The smallest absolute Gasteiger partial charge is 0.271 e. The molecule has 3 aromatic rings. The zero-order valence-electron chi connectivity index (χ0n) is 20.1. The quantitative estimate of drug-likeness (QED) is 0.536. The molecule has 0 aliphatic carbocycles. The zero-order chi connectivity index (χ0) is 24.9. The van der Waals surface area contributed by atoms with Gasteiger partial charge in [0, 0.05) is 36.3 Å². The predicted molar refractivity (Wildman–Crippen MR) is 136 cm³/mol. The average Bonchev–Trinajstić information content (AvgIpc) is 2.89. The molecule has 9 heteroatoms. The van der Waals surface area contributed by atoms with Gasteiger partial charge in [0.2, 0.25) is 5.91 Å². The number of aromatic nitrogens is 2. The molecule has 0 saturated carbocycles. The molecule has 1 N–H and O–H groups in total. The van der Waals surface area contributed by atoms with Gasteiger partial charge in [-0.25, -0.2) is 0 Å². The number of ether oxygens (including phenoxy) is 2. The summed E-state index contributed by atoms with van der Waals surface area (Å²) in [4.78, 5) is 27.6. The monoisotopic (exact) mass is 496 g/mol. The highest BCUT2D eigenvalue weighted by atomic mass is 35.5. The Morgan fingerprint density at radius 1 is 1.14 bits per heavy atom. The Bertz CT molecular complexity index is 1280. The van der Waals surface area contributed by atoms with E-state index >= 15 is 0 Å². The Hall–Kier alpha value is -3.52. The van der Waals surface area contributed by atoms with E-state index in [0.717, 1.165) is 30.5 Å². The molecule has 1 saturated heterocycles. The summed E-state index contributed by atoms with van der Waals surface area (Å²) in [6.07, 6.45) is 1.63. The minimum atomic E-state index is -0.243. The van der Waals surface area contributed by atoms with Crippen molar-refractivity contribution in [3.8, 4) is 17.2 Å². The van der Waals surface area contributed by atoms with Gasteiger partial charge in [0.1, 0.15) is 17.3 Å². The topological polar surface area (TPSA) is 85.7 Å². The van der Waals surface area contributed by atoms with Crippen LogP contribution >= 0.6 is 11.6 Å². The summed E-state index contributed by atoms with van der Waals surface area (Å²) < 4.78 is 12.0. The third-order valence-corrected chi connectivity index (χ3v) is 6.65. The average molecular weight is 497 g/mol. The molecular weight excluding hydrogens is 468 g/mol. The summed E-state index contributed by atoms with van der Waals surface area (Å²) >= 11 is 6.26. The summed E-state index contributed by atoms with van der Waals surface area (Å²) in [5, 5.41) is 8.18. The Morgan fingerprint density at radius 3 is 2.71 bits per heavy atom. The minimum absolute atomic E-state index is 0.0294. The molecule has 0 spiro atoms. The third-order valence-electron chi connectivity index (χ3n) is 6.24. The number of hydrogen-bond donors (Lipinski definition) is 1. The first kappa shape index (κ1) is 24.6. The molecule has 1 aromatic heterocycles. The normalized spacial score (nSPS) is 15.5. The van der Waals surface area contributed by atoms with Crippen LogP contribution in [-0.4, -0.2) is 43.0 Å². The van der Waals surface area contributed by atoms with Gasteiger partial charge in [-0.15, -0.1) is 5.10 Å². The molecule has 1 amide bonds. The summed E-state index contributed by atoms with van der Waals surface area (Å²) in [7, 11) is 3.20. The van der Waals surface area contributed by atoms with Gasteiger partial charge in [-0.3, -0.25) is 9.59 Å². The molecule has 1 aliphatic rings. The Labute approximate surface area is 209 Å². The van der Waals surface area contributed by atoms with E-state index in [0.29, 0.717) is 41.1 Å². The first-order valence-corrected chi connectivity index (χ1v) is 11.9. The van der Waals surface area contributed by atoms with Crippen LogP contribution in [0.3, 0.4) is 0 Å². The highest BCUT2D eigenvalue weighted by Crippen LogP contribution is 2.25. The second-order valence-electron chi connectivity index (χ2n) is 8.56. The maximum atomic E-state index is 13.0. The van der Waals surface area contributed by atoms with Gasteiger partial charge in [-0.05, 0) is 61.7 Å².